The van der Waals surface area contributed by atoms with E-state index in [9.17, 15) is 0 Å². The van der Waals surface area contributed by atoms with Crippen LogP contribution in [0.4, 0.5) is 0 Å². The van der Waals surface area contributed by atoms with E-state index in [2.05, 4.69) is 25.1 Å². The van der Waals surface area contributed by atoms with Crippen LogP contribution in [0.5, 0.6) is 0 Å². The van der Waals surface area contributed by atoms with Crippen LogP contribution in [0, 0.1) is 18.3 Å². The van der Waals surface area contributed by atoms with Crippen LogP contribution >= 0.6 is 23.2 Å². The van der Waals surface area contributed by atoms with E-state index in [0.717, 1.165) is 5.56 Å². The standard InChI is InChI=1S/C14H17Cl2N/c1-5-13(9(2)3)17-10(4)11-7-6-8-12(15)14(11)16/h1,6-10,13,17H,2-4H3. The fourth-order valence-corrected chi connectivity index (χ4v) is 2.12. The Labute approximate surface area is 114 Å². The first-order valence-corrected chi connectivity index (χ1v) is 6.39. The Morgan fingerprint density at radius 2 is 1.88 bits per heavy atom. The van der Waals surface area contributed by atoms with E-state index in [0.29, 0.717) is 16.0 Å². The van der Waals surface area contributed by atoms with E-state index in [4.69, 9.17) is 29.6 Å². The van der Waals surface area contributed by atoms with Gasteiger partial charge in [-0.25, -0.2) is 0 Å². The summed E-state index contributed by atoms with van der Waals surface area (Å²) in [5, 5.41) is 4.53. The molecule has 0 heterocycles. The molecule has 0 aromatic heterocycles. The molecule has 0 spiro atoms. The zero-order valence-corrected chi connectivity index (χ0v) is 11.8. The monoisotopic (exact) mass is 269 g/mol. The van der Waals surface area contributed by atoms with Crippen molar-refractivity contribution < 1.29 is 0 Å². The summed E-state index contributed by atoms with van der Waals surface area (Å²) in [7, 11) is 0. The second-order valence-corrected chi connectivity index (χ2v) is 5.20. The van der Waals surface area contributed by atoms with Crippen LogP contribution in [0.2, 0.25) is 10.0 Å². The van der Waals surface area contributed by atoms with Gasteiger partial charge in [0.2, 0.25) is 0 Å². The van der Waals surface area contributed by atoms with Crippen LogP contribution in [0.3, 0.4) is 0 Å². The van der Waals surface area contributed by atoms with Gasteiger partial charge in [-0.15, -0.1) is 6.42 Å². The molecule has 1 nitrogen and oxygen atoms in total. The molecule has 0 aliphatic rings. The minimum atomic E-state index is 0.0278. The molecule has 1 aromatic carbocycles. The summed E-state index contributed by atoms with van der Waals surface area (Å²) in [6.07, 6.45) is 5.50. The number of rotatable bonds is 4. The first-order valence-electron chi connectivity index (χ1n) is 5.63. The van der Waals surface area contributed by atoms with Gasteiger partial charge in [0.05, 0.1) is 16.1 Å². The third-order valence-electron chi connectivity index (χ3n) is 2.72. The minimum absolute atomic E-state index is 0.0278. The average Bonchev–Trinajstić information content (AvgIpc) is 2.28. The Hall–Kier alpha value is -0.680. The Morgan fingerprint density at radius 3 is 2.41 bits per heavy atom. The van der Waals surface area contributed by atoms with E-state index >= 15 is 0 Å². The molecule has 0 fully saturated rings. The lowest BCUT2D eigenvalue weighted by molar-refractivity contribution is 0.432. The first-order chi connectivity index (χ1) is 7.97. The number of terminal acetylenes is 1. The van der Waals surface area contributed by atoms with Gasteiger partial charge < -0.3 is 0 Å². The molecule has 0 bridgehead atoms. The van der Waals surface area contributed by atoms with Crippen molar-refractivity contribution in [2.75, 3.05) is 0 Å². The Kier molecular flexibility index (Phi) is 5.33. The zero-order chi connectivity index (χ0) is 13.0. The molecule has 0 aliphatic carbocycles. The molecule has 0 amide bonds. The lowest BCUT2D eigenvalue weighted by Gasteiger charge is -2.23. The molecule has 1 N–H and O–H groups in total. The van der Waals surface area contributed by atoms with Crippen LogP contribution in [-0.4, -0.2) is 6.04 Å². The van der Waals surface area contributed by atoms with Crippen molar-refractivity contribution in [3.05, 3.63) is 33.8 Å². The molecule has 2 unspecified atom stereocenters. The highest BCUT2D eigenvalue weighted by molar-refractivity contribution is 6.42. The maximum absolute atomic E-state index is 6.17. The van der Waals surface area contributed by atoms with Gasteiger partial charge in [-0.1, -0.05) is 55.1 Å². The van der Waals surface area contributed by atoms with Crippen LogP contribution < -0.4 is 5.32 Å². The third kappa shape index (κ3) is 3.64. The average molecular weight is 270 g/mol. The Balaban J connectivity index is 2.87. The lowest BCUT2D eigenvalue weighted by atomic mass is 10.0. The molecular formula is C14H17Cl2N. The van der Waals surface area contributed by atoms with Crippen molar-refractivity contribution >= 4 is 23.2 Å². The van der Waals surface area contributed by atoms with E-state index < -0.39 is 0 Å². The summed E-state index contributed by atoms with van der Waals surface area (Å²) < 4.78 is 0. The number of hydrogen-bond donors (Lipinski definition) is 1. The highest BCUT2D eigenvalue weighted by atomic mass is 35.5. The largest absolute Gasteiger partial charge is 0.297 e. The zero-order valence-electron chi connectivity index (χ0n) is 10.3. The third-order valence-corrected chi connectivity index (χ3v) is 3.56. The number of halogens is 2. The maximum Gasteiger partial charge on any atom is 0.0714 e. The van der Waals surface area contributed by atoms with Crippen molar-refractivity contribution in [1.29, 1.82) is 0 Å². The van der Waals surface area contributed by atoms with Gasteiger partial charge in [0.25, 0.3) is 0 Å². The SMILES string of the molecule is C#CC(NC(C)c1cccc(Cl)c1Cl)C(C)C. The van der Waals surface area contributed by atoms with Crippen molar-refractivity contribution in [2.45, 2.75) is 32.9 Å². The molecular weight excluding hydrogens is 253 g/mol. The molecule has 92 valence electrons. The molecule has 1 rings (SSSR count). The molecule has 2 atom stereocenters. The number of hydrogen-bond acceptors (Lipinski definition) is 1. The summed E-state index contributed by atoms with van der Waals surface area (Å²) in [4.78, 5) is 0. The molecule has 3 heteroatoms. The lowest BCUT2D eigenvalue weighted by Crippen LogP contribution is -2.34. The Bertz CT molecular complexity index is 421. The van der Waals surface area contributed by atoms with E-state index in [-0.39, 0.29) is 12.1 Å². The van der Waals surface area contributed by atoms with Gasteiger partial charge in [0, 0.05) is 6.04 Å². The highest BCUT2D eigenvalue weighted by Crippen LogP contribution is 2.30. The summed E-state index contributed by atoms with van der Waals surface area (Å²) in [5.41, 5.74) is 0.972. The smallest absolute Gasteiger partial charge is 0.0714 e. The Morgan fingerprint density at radius 1 is 1.24 bits per heavy atom. The van der Waals surface area contributed by atoms with Gasteiger partial charge in [0.15, 0.2) is 0 Å². The number of nitrogens with one attached hydrogen (secondary N) is 1. The molecule has 1 aromatic rings. The summed E-state index contributed by atoms with van der Waals surface area (Å²) in [6, 6.07) is 5.73. The van der Waals surface area contributed by atoms with E-state index in [1.54, 1.807) is 6.07 Å². The van der Waals surface area contributed by atoms with Crippen molar-refractivity contribution in [3.8, 4) is 12.3 Å². The predicted octanol–water partition coefficient (Wildman–Crippen LogP) is 4.30. The summed E-state index contributed by atoms with van der Waals surface area (Å²) >= 11 is 12.2. The summed E-state index contributed by atoms with van der Waals surface area (Å²) in [6.45, 7) is 6.21. The molecule has 0 saturated carbocycles. The summed E-state index contributed by atoms with van der Waals surface area (Å²) in [5.74, 6) is 3.12. The molecule has 17 heavy (non-hydrogen) atoms. The van der Waals surface area contributed by atoms with Crippen LogP contribution in [0.25, 0.3) is 0 Å². The fourth-order valence-electron chi connectivity index (χ4n) is 1.65. The molecule has 0 radical (unpaired) electrons. The van der Waals surface area contributed by atoms with Crippen molar-refractivity contribution in [2.24, 2.45) is 5.92 Å². The van der Waals surface area contributed by atoms with E-state index in [1.165, 1.54) is 0 Å². The minimum Gasteiger partial charge on any atom is -0.297 e. The quantitative estimate of drug-likeness (QED) is 0.804. The number of benzene rings is 1. The second-order valence-electron chi connectivity index (χ2n) is 4.42. The highest BCUT2D eigenvalue weighted by Gasteiger charge is 2.17. The maximum atomic E-state index is 6.17. The van der Waals surface area contributed by atoms with Gasteiger partial charge in [0.1, 0.15) is 0 Å². The topological polar surface area (TPSA) is 12.0 Å². The predicted molar refractivity (Wildman–Crippen MR) is 75.5 cm³/mol. The fraction of sp³-hybridized carbons (Fsp3) is 0.429. The first kappa shape index (κ1) is 14.4. The van der Waals surface area contributed by atoms with Crippen LogP contribution in [0.15, 0.2) is 18.2 Å². The van der Waals surface area contributed by atoms with Gasteiger partial charge in [-0.2, -0.15) is 0 Å². The van der Waals surface area contributed by atoms with Crippen LogP contribution in [-0.2, 0) is 0 Å². The van der Waals surface area contributed by atoms with Gasteiger partial charge in [-0.05, 0) is 24.5 Å². The normalized spacial score (nSPS) is 14.4. The van der Waals surface area contributed by atoms with Crippen molar-refractivity contribution in [1.82, 2.24) is 5.32 Å². The van der Waals surface area contributed by atoms with Crippen LogP contribution in [0.1, 0.15) is 32.4 Å². The van der Waals surface area contributed by atoms with Gasteiger partial charge in [-0.3, -0.25) is 5.32 Å². The van der Waals surface area contributed by atoms with Gasteiger partial charge >= 0.3 is 0 Å². The molecule has 0 aliphatic heterocycles. The molecule has 0 saturated heterocycles. The van der Waals surface area contributed by atoms with Crippen molar-refractivity contribution in [3.63, 3.8) is 0 Å². The second kappa shape index (κ2) is 6.31. The van der Waals surface area contributed by atoms with E-state index in [1.807, 2.05) is 19.1 Å².